The van der Waals surface area contributed by atoms with Gasteiger partial charge in [-0.25, -0.2) is 0 Å². The average molecular weight is 209 g/mol. The van der Waals surface area contributed by atoms with Crippen molar-refractivity contribution < 1.29 is 14.3 Å². The van der Waals surface area contributed by atoms with Crippen LogP contribution in [-0.4, -0.2) is 19.1 Å². The molecule has 15 heavy (non-hydrogen) atoms. The molecular formula is C11H15NO3. The van der Waals surface area contributed by atoms with Gasteiger partial charge in [-0.15, -0.1) is 0 Å². The van der Waals surface area contributed by atoms with E-state index in [1.54, 1.807) is 19.2 Å². The smallest absolute Gasteiger partial charge is 0.258 e. The number of amides is 1. The fourth-order valence-corrected chi connectivity index (χ4v) is 1.21. The molecule has 0 aliphatic heterocycles. The molecule has 0 heterocycles. The summed E-state index contributed by atoms with van der Waals surface area (Å²) in [5.74, 6) is 0.659. The molecule has 4 nitrogen and oxygen atoms in total. The number of rotatable bonds is 5. The van der Waals surface area contributed by atoms with Gasteiger partial charge in [0.2, 0.25) is 0 Å². The fourth-order valence-electron chi connectivity index (χ4n) is 1.21. The quantitative estimate of drug-likeness (QED) is 0.796. The van der Waals surface area contributed by atoms with E-state index in [1.165, 1.54) is 0 Å². The van der Waals surface area contributed by atoms with E-state index in [9.17, 15) is 4.79 Å². The third-order valence-corrected chi connectivity index (χ3v) is 2.03. The number of carbonyl (C=O) groups excluding carboxylic acids is 1. The molecule has 0 aliphatic rings. The van der Waals surface area contributed by atoms with Crippen molar-refractivity contribution in [3.8, 4) is 11.5 Å². The van der Waals surface area contributed by atoms with Gasteiger partial charge in [0.25, 0.3) is 5.91 Å². The number of ether oxygens (including phenoxy) is 2. The van der Waals surface area contributed by atoms with Crippen molar-refractivity contribution in [1.82, 2.24) is 0 Å². The van der Waals surface area contributed by atoms with Crippen molar-refractivity contribution in [1.29, 1.82) is 0 Å². The van der Waals surface area contributed by atoms with E-state index in [-0.39, 0.29) is 0 Å². The molecule has 0 aliphatic carbocycles. The topological polar surface area (TPSA) is 61.6 Å². The lowest BCUT2D eigenvalue weighted by molar-refractivity contribution is -0.124. The number of nitrogens with two attached hydrogens (primary N) is 1. The van der Waals surface area contributed by atoms with E-state index in [1.807, 2.05) is 19.1 Å². The van der Waals surface area contributed by atoms with E-state index in [4.69, 9.17) is 15.2 Å². The highest BCUT2D eigenvalue weighted by Crippen LogP contribution is 2.27. The van der Waals surface area contributed by atoms with Gasteiger partial charge in [-0.3, -0.25) is 4.79 Å². The summed E-state index contributed by atoms with van der Waals surface area (Å²) >= 11 is 0. The summed E-state index contributed by atoms with van der Waals surface area (Å²) in [6.45, 7) is 1.84. The maximum absolute atomic E-state index is 11.0. The van der Waals surface area contributed by atoms with Crippen LogP contribution in [0.4, 0.5) is 0 Å². The Morgan fingerprint density at radius 2 is 2.00 bits per heavy atom. The minimum atomic E-state index is -0.610. The van der Waals surface area contributed by atoms with Crippen LogP contribution in [0.15, 0.2) is 24.3 Å². The van der Waals surface area contributed by atoms with Gasteiger partial charge in [-0.05, 0) is 18.6 Å². The summed E-state index contributed by atoms with van der Waals surface area (Å²) in [6.07, 6.45) is -0.0748. The van der Waals surface area contributed by atoms with Crippen LogP contribution in [-0.2, 0) is 4.79 Å². The average Bonchev–Trinajstić information content (AvgIpc) is 2.25. The molecular weight excluding hydrogens is 194 g/mol. The largest absolute Gasteiger partial charge is 0.493 e. The number of para-hydroxylation sites is 2. The van der Waals surface area contributed by atoms with Crippen molar-refractivity contribution >= 4 is 5.91 Å². The Bertz CT molecular complexity index is 338. The first-order valence-corrected chi connectivity index (χ1v) is 4.78. The predicted octanol–water partition coefficient (Wildman–Crippen LogP) is 1.34. The molecule has 1 rings (SSSR count). The number of benzene rings is 1. The Hall–Kier alpha value is -1.71. The Morgan fingerprint density at radius 3 is 2.47 bits per heavy atom. The highest BCUT2D eigenvalue weighted by Gasteiger charge is 2.16. The molecule has 2 N–H and O–H groups in total. The van der Waals surface area contributed by atoms with E-state index < -0.39 is 12.0 Å². The summed E-state index contributed by atoms with van der Waals surface area (Å²) in [6, 6.07) is 7.15. The molecule has 0 saturated heterocycles. The molecule has 0 saturated carbocycles. The number of carbonyl (C=O) groups is 1. The van der Waals surface area contributed by atoms with Crippen LogP contribution in [0.1, 0.15) is 13.3 Å². The highest BCUT2D eigenvalue weighted by molar-refractivity contribution is 5.79. The van der Waals surface area contributed by atoms with Gasteiger partial charge in [-0.1, -0.05) is 19.1 Å². The summed E-state index contributed by atoms with van der Waals surface area (Å²) in [7, 11) is 1.55. The third kappa shape index (κ3) is 2.87. The Labute approximate surface area is 89.0 Å². The van der Waals surface area contributed by atoms with Crippen molar-refractivity contribution in [3.63, 3.8) is 0 Å². The van der Waals surface area contributed by atoms with Gasteiger partial charge in [0.15, 0.2) is 17.6 Å². The molecule has 0 bridgehead atoms. The van der Waals surface area contributed by atoms with Gasteiger partial charge in [0.1, 0.15) is 0 Å². The predicted molar refractivity (Wildman–Crippen MR) is 56.9 cm³/mol. The van der Waals surface area contributed by atoms with E-state index >= 15 is 0 Å². The second-order valence-corrected chi connectivity index (χ2v) is 3.07. The van der Waals surface area contributed by atoms with Crippen LogP contribution < -0.4 is 15.2 Å². The Morgan fingerprint density at radius 1 is 1.40 bits per heavy atom. The van der Waals surface area contributed by atoms with Gasteiger partial charge in [0, 0.05) is 0 Å². The normalized spacial score (nSPS) is 11.9. The molecule has 0 aromatic heterocycles. The van der Waals surface area contributed by atoms with E-state index in [2.05, 4.69) is 0 Å². The first-order chi connectivity index (χ1) is 7.19. The maximum atomic E-state index is 11.0. The van der Waals surface area contributed by atoms with Crippen LogP contribution in [0.2, 0.25) is 0 Å². The van der Waals surface area contributed by atoms with Crippen LogP contribution >= 0.6 is 0 Å². The minimum Gasteiger partial charge on any atom is -0.493 e. The van der Waals surface area contributed by atoms with Crippen molar-refractivity contribution in [2.45, 2.75) is 19.4 Å². The zero-order valence-corrected chi connectivity index (χ0v) is 8.90. The first kappa shape index (κ1) is 11.4. The Kier molecular flexibility index (Phi) is 3.97. The van der Waals surface area contributed by atoms with Crippen molar-refractivity contribution in [2.24, 2.45) is 5.73 Å². The van der Waals surface area contributed by atoms with Gasteiger partial charge < -0.3 is 15.2 Å². The van der Waals surface area contributed by atoms with Crippen molar-refractivity contribution in [2.75, 3.05) is 7.11 Å². The van der Waals surface area contributed by atoms with E-state index in [0.29, 0.717) is 17.9 Å². The number of primary amides is 1. The SMILES string of the molecule is CCC(Oc1ccccc1OC)C(N)=O. The summed E-state index contributed by atoms with van der Waals surface area (Å²) < 4.78 is 10.5. The molecule has 4 heteroatoms. The number of hydrogen-bond donors (Lipinski definition) is 1. The van der Waals surface area contributed by atoms with Crippen LogP contribution in [0.3, 0.4) is 0 Å². The fraction of sp³-hybridized carbons (Fsp3) is 0.364. The summed E-state index contributed by atoms with van der Waals surface area (Å²) in [5.41, 5.74) is 5.18. The van der Waals surface area contributed by atoms with Crippen molar-refractivity contribution in [3.05, 3.63) is 24.3 Å². The highest BCUT2D eigenvalue weighted by atomic mass is 16.5. The van der Waals surface area contributed by atoms with Gasteiger partial charge in [0.05, 0.1) is 7.11 Å². The molecule has 82 valence electrons. The minimum absolute atomic E-state index is 0.469. The molecule has 0 fully saturated rings. The third-order valence-electron chi connectivity index (χ3n) is 2.03. The molecule has 0 spiro atoms. The summed E-state index contributed by atoms with van der Waals surface area (Å²) in [5, 5.41) is 0. The standard InChI is InChI=1S/C11H15NO3/c1-3-8(11(12)13)15-10-7-5-4-6-9(10)14-2/h4-8H,3H2,1-2H3,(H2,12,13). The lowest BCUT2D eigenvalue weighted by Crippen LogP contribution is -2.33. The monoisotopic (exact) mass is 209 g/mol. The molecule has 1 unspecified atom stereocenters. The maximum Gasteiger partial charge on any atom is 0.258 e. The number of methoxy groups -OCH3 is 1. The lowest BCUT2D eigenvalue weighted by atomic mass is 10.2. The molecule has 1 amide bonds. The van der Waals surface area contributed by atoms with Gasteiger partial charge in [-0.2, -0.15) is 0 Å². The second kappa shape index (κ2) is 5.24. The first-order valence-electron chi connectivity index (χ1n) is 4.78. The molecule has 0 radical (unpaired) electrons. The van der Waals surface area contributed by atoms with Crippen LogP contribution in [0.25, 0.3) is 0 Å². The van der Waals surface area contributed by atoms with Crippen LogP contribution in [0.5, 0.6) is 11.5 Å². The van der Waals surface area contributed by atoms with Gasteiger partial charge >= 0.3 is 0 Å². The zero-order valence-electron chi connectivity index (χ0n) is 8.90. The zero-order chi connectivity index (χ0) is 11.3. The van der Waals surface area contributed by atoms with E-state index in [0.717, 1.165) is 0 Å². The molecule has 1 aromatic rings. The molecule has 1 atom stereocenters. The second-order valence-electron chi connectivity index (χ2n) is 3.07. The lowest BCUT2D eigenvalue weighted by Gasteiger charge is -2.15. The summed E-state index contributed by atoms with van der Waals surface area (Å²) in [4.78, 5) is 11.0. The number of hydrogen-bond acceptors (Lipinski definition) is 3. The molecule has 1 aromatic carbocycles. The Balaban J connectivity index is 2.82. The van der Waals surface area contributed by atoms with Crippen LogP contribution in [0, 0.1) is 0 Å².